The number of nitrogen functional groups attached to an aromatic ring is 6. The van der Waals surface area contributed by atoms with Crippen LogP contribution in [0.25, 0.3) is 61.5 Å². The van der Waals surface area contributed by atoms with Crippen LogP contribution in [0, 0.1) is 0 Å². The number of phosphoric ester groups is 2. The zero-order valence-electron chi connectivity index (χ0n) is 66.9. The minimum absolute atomic E-state index is 0.0348. The number of nitrogens with two attached hydrogens (primary N) is 6. The number of nitrogens with zero attached hydrogens (tertiary/aromatic N) is 19. The fraction of sp³-hybridized carbons (Fsp3) is 0.484. The molecule has 0 aliphatic carbocycles. The Labute approximate surface area is 765 Å². The standard InChI is InChI=1S/C21H23F2N9O10P2S.C21H23F2N9O9P2S2.C20H24N10O10P2S2/c22-10-8-3-37-43(34,35)41-14-9(40-19(11(14)23)31-5-27-12-7(24)1-2-26-16(12)31)4-38-44(36,45)42-15(10)20(39-8)32-6-28-13-17(32)29-21(25)30-18(13)33;22-10-8-3-36-42(34,44)40-14-9(39-19(11(14)23)31-5-27-12-7(24)1-2-26-16(12)31)4-37-43(35,45)41-15(10)20(38-8)32-6-28-13-17(32)29-21(25)30-18(13)33;21-7-1-2-24-29-8(4-23-16(7)29)9-3-10-11(38-9)5-37-42(35,43)40-15-14(31)12(6-36-41(33,34)39-10)44-19(15)30-17-13(27-28-30)18(32)26-20(22)25-17/h1-2,5-6,8-11,14-15,19-20H,3-4H2,(H2,24,26)(H,34,35)(H,36,45)(H3,25,29,30,33);1-2,5-6,8-11,14-15,19-20H,3-4H2,(H2,24,26)(H,34,44)(H,35,45)(H3,25,29,30,33);1-2,4,9-12,14-15,19,31H,3,5-6,21H2,(H,33,34)(H,35,43)(H3,22,25,26,32)/t8-,9-,10-,11+,14-,15-,19-,20-,44?;8-,9-,10-,11-,14-,15-,19-,20-,42?,43?;9-,10+,11-,12-,14-,15-,19-,42?/m111/s1. The number of aromatic nitrogens is 22. The lowest BCUT2D eigenvalue weighted by atomic mass is 10.1. The van der Waals surface area contributed by atoms with Crippen LogP contribution in [0.3, 0.4) is 0 Å². The smallest absolute Gasteiger partial charge is 0.397 e. The van der Waals surface area contributed by atoms with Crippen LogP contribution < -0.4 is 51.1 Å². The number of phosphoric acid groups is 2. The monoisotopic (exact) mass is 2090 g/mol. The van der Waals surface area contributed by atoms with Crippen LogP contribution in [0.1, 0.15) is 48.5 Å². The number of imidazole rings is 5. The van der Waals surface area contributed by atoms with Gasteiger partial charge in [-0.15, -0.1) is 16.9 Å². The molecule has 9 aliphatic heterocycles. The van der Waals surface area contributed by atoms with Gasteiger partial charge in [0.1, 0.15) is 89.7 Å². The van der Waals surface area contributed by atoms with E-state index in [-0.39, 0.29) is 80.3 Å². The number of hydrogen-bond acceptors (Lipinski definition) is 47. The van der Waals surface area contributed by atoms with Crippen molar-refractivity contribution in [2.24, 2.45) is 0 Å². The molecule has 22 N–H and O–H groups in total. The maximum Gasteiger partial charge on any atom is 0.472 e. The molecule has 720 valence electrons. The van der Waals surface area contributed by atoms with E-state index in [4.69, 9.17) is 160 Å². The third-order valence-corrected chi connectivity index (χ3v) is 31.6. The number of alkyl halides is 4. The number of H-pyrrole nitrogens is 3. The number of hydrogen-bond donors (Lipinski definition) is 16. The van der Waals surface area contributed by atoms with Gasteiger partial charge in [-0.1, -0.05) is 5.21 Å². The summed E-state index contributed by atoms with van der Waals surface area (Å²) in [5, 5.41) is 21.3. The fourth-order valence-electron chi connectivity index (χ4n) is 15.9. The van der Waals surface area contributed by atoms with E-state index in [1.165, 1.54) is 67.9 Å². The van der Waals surface area contributed by atoms with Crippen molar-refractivity contribution in [3.8, 4) is 0 Å². The topological polar surface area (TPSA) is 784 Å². The van der Waals surface area contributed by atoms with Crippen molar-refractivity contribution >= 4 is 198 Å². The Morgan fingerprint density at radius 2 is 0.843 bits per heavy atom. The molecule has 72 heteroatoms. The molecular weight excluding hydrogens is 2020 g/mol. The van der Waals surface area contributed by atoms with E-state index in [0.717, 1.165) is 33.6 Å². The van der Waals surface area contributed by atoms with Gasteiger partial charge in [0.05, 0.1) is 111 Å². The predicted molar refractivity (Wildman–Crippen MR) is 461 cm³/mol. The summed E-state index contributed by atoms with van der Waals surface area (Å²) in [6, 6.07) is 4.60. The summed E-state index contributed by atoms with van der Waals surface area (Å²) in [4.78, 5) is 150. The van der Waals surface area contributed by atoms with Crippen LogP contribution in [-0.2, 0) is 134 Å². The Balaban J connectivity index is 0.000000129. The van der Waals surface area contributed by atoms with Gasteiger partial charge >= 0.3 is 42.5 Å². The SMILES string of the molecule is Nc1nc2c(ncn2[C@@H]2O[C@@H]3COP(=O)(O)O[C@H]4[C@H](F)[C@H](n5cnc6c(N)ccnc65)O[C@@H]4COP(O)(=S)O[C@@H]2[C@@H]3F)c(=O)[nH]1.Nc1nc2c(ncn2[C@@H]2O[C@@H]3COP(O)(=S)O[C@H]4[C@@H](F)[C@H](n5cnc6c(N)ccnc65)O[C@@H]4COP(O)(=S)O[C@@H]2[C@@H]3F)c(=O)[nH]1.Nc1nc2c(nnn2[C@@H]2S[C@@H]3COP(=O)(O)O[C@H]4C[C@H](c5cnc6c(N)ccnn56)O[C@@H]4COP(O)(=S)O[C@@H]2[C@@H]3O)c(=O)[nH]1. The van der Waals surface area contributed by atoms with E-state index in [1.807, 2.05) is 0 Å². The number of halogens is 4. The average molecular weight is 2090 g/mol. The Morgan fingerprint density at radius 3 is 1.37 bits per heavy atom. The van der Waals surface area contributed by atoms with Gasteiger partial charge in [0.25, 0.3) is 16.7 Å². The molecule has 12 aromatic rings. The van der Waals surface area contributed by atoms with Gasteiger partial charge in [-0.05, 0) is 65.4 Å². The minimum atomic E-state index is -5.14. The molecule has 0 amide bonds. The summed E-state index contributed by atoms with van der Waals surface area (Å²) < 4.78 is 192. The van der Waals surface area contributed by atoms with Gasteiger partial charge in [0.2, 0.25) is 17.8 Å². The summed E-state index contributed by atoms with van der Waals surface area (Å²) in [5.74, 6) is -0.748. The molecule has 12 aromatic heterocycles. The summed E-state index contributed by atoms with van der Waals surface area (Å²) in [5.41, 5.74) is 34.9. The molecule has 9 saturated heterocycles. The summed E-state index contributed by atoms with van der Waals surface area (Å²) in [6.45, 7) is -21.1. The van der Waals surface area contributed by atoms with E-state index in [2.05, 4.69) is 80.2 Å². The van der Waals surface area contributed by atoms with Crippen molar-refractivity contribution in [2.75, 3.05) is 74.0 Å². The van der Waals surface area contributed by atoms with Crippen molar-refractivity contribution in [1.29, 1.82) is 0 Å². The molecule has 6 bridgehead atoms. The van der Waals surface area contributed by atoms with Crippen molar-refractivity contribution in [3.63, 3.8) is 0 Å². The highest BCUT2D eigenvalue weighted by atomic mass is 32.5. The van der Waals surface area contributed by atoms with Crippen LogP contribution in [0.2, 0.25) is 0 Å². The summed E-state index contributed by atoms with van der Waals surface area (Å²) >= 11 is 21.7. The second kappa shape index (κ2) is 36.2. The van der Waals surface area contributed by atoms with Crippen LogP contribution >= 0.6 is 54.3 Å². The number of aromatic amines is 3. The number of nitrogens with one attached hydrogen (secondary N) is 3. The predicted octanol–water partition coefficient (Wildman–Crippen LogP) is 0.146. The van der Waals surface area contributed by atoms with Crippen molar-refractivity contribution < 1.29 is 139 Å². The van der Waals surface area contributed by atoms with E-state index < -0.39 is 238 Å². The number of anilines is 6. The minimum Gasteiger partial charge on any atom is -0.397 e. The Kier molecular flexibility index (Phi) is 25.6. The Bertz CT molecular complexity index is 6830. The normalized spacial score (nSPS) is 37.3. The molecule has 0 saturated carbocycles. The third kappa shape index (κ3) is 18.5. The Morgan fingerprint density at radius 1 is 0.425 bits per heavy atom. The Hall–Kier alpha value is -8.19. The number of fused-ring (bicyclic) bond motifs is 15. The molecule has 0 radical (unpaired) electrons. The molecule has 9 fully saturated rings. The quantitative estimate of drug-likeness (QED) is 0.0778. The van der Waals surface area contributed by atoms with E-state index >= 15 is 17.6 Å². The lowest BCUT2D eigenvalue weighted by Gasteiger charge is -2.27. The van der Waals surface area contributed by atoms with Crippen LogP contribution in [-0.4, -0.2) is 285 Å². The number of aliphatic hydroxyl groups excluding tert-OH is 1. The molecule has 0 aromatic carbocycles. The fourth-order valence-corrected chi connectivity index (χ4v) is 25.1. The van der Waals surface area contributed by atoms with Crippen LogP contribution in [0.5, 0.6) is 0 Å². The van der Waals surface area contributed by atoms with Crippen molar-refractivity contribution in [1.82, 2.24) is 108 Å². The second-order valence-corrected chi connectivity index (χ2v) is 45.8. The molecule has 21 heterocycles. The highest BCUT2D eigenvalue weighted by Gasteiger charge is 2.59. The number of aliphatic hydroxyl groups is 1. The largest absolute Gasteiger partial charge is 0.472 e. The second-order valence-electron chi connectivity index (χ2n) is 30.4. The van der Waals surface area contributed by atoms with Gasteiger partial charge in [0.15, 0.2) is 100 Å². The first-order chi connectivity index (χ1) is 63.5. The average Bonchev–Trinajstić information content (AvgIpc) is 1.61. The molecule has 6 unspecified atom stereocenters. The molecule has 21 rings (SSSR count). The summed E-state index contributed by atoms with van der Waals surface area (Å²) in [7, 11) is -9.89. The van der Waals surface area contributed by atoms with Crippen molar-refractivity contribution in [3.05, 3.63) is 105 Å². The van der Waals surface area contributed by atoms with E-state index in [9.17, 15) is 58.0 Å². The zero-order valence-corrected chi connectivity index (χ0v) is 76.3. The zero-order chi connectivity index (χ0) is 94.6. The van der Waals surface area contributed by atoms with Crippen molar-refractivity contribution in [2.45, 2.75) is 146 Å². The van der Waals surface area contributed by atoms with E-state index in [1.54, 1.807) is 6.07 Å². The number of thioether (sulfide) groups is 1. The van der Waals surface area contributed by atoms with Gasteiger partial charge in [-0.2, -0.15) is 20.1 Å². The number of ether oxygens (including phenoxy) is 5. The third-order valence-electron chi connectivity index (χ3n) is 21.9. The lowest BCUT2D eigenvalue weighted by Crippen LogP contribution is -2.35. The number of pyridine rings is 2. The highest BCUT2D eigenvalue weighted by molar-refractivity contribution is 8.08. The molecule has 134 heavy (non-hydrogen) atoms. The van der Waals surface area contributed by atoms with Gasteiger partial charge < -0.3 is 111 Å². The molecule has 0 spiro atoms. The molecular formula is C62H70F4N28O29P6S5. The first-order valence-corrected chi connectivity index (χ1v) is 53.2. The van der Waals surface area contributed by atoms with Gasteiger partial charge in [0, 0.05) is 18.8 Å². The summed E-state index contributed by atoms with van der Waals surface area (Å²) in [6.07, 6.45) is -22.1. The maximum atomic E-state index is 16.0. The van der Waals surface area contributed by atoms with Crippen LogP contribution in [0.4, 0.5) is 52.5 Å². The molecule has 29 atom stereocenters. The molecule has 57 nitrogen and oxygen atoms in total. The van der Waals surface area contributed by atoms with E-state index in [0.29, 0.717) is 28.2 Å². The van der Waals surface area contributed by atoms with Gasteiger partial charge in [-0.25, -0.2) is 70.8 Å². The first-order valence-electron chi connectivity index (χ1n) is 38.9. The van der Waals surface area contributed by atoms with Gasteiger partial charge in [-0.3, -0.25) is 83.8 Å². The number of rotatable bonds is 6. The lowest BCUT2D eigenvalue weighted by molar-refractivity contribution is -0.0630. The van der Waals surface area contributed by atoms with Crippen LogP contribution in [0.15, 0.2) is 82.7 Å². The molecule has 9 aliphatic rings. The first kappa shape index (κ1) is 94.8. The maximum absolute atomic E-state index is 16.0. The highest BCUT2D eigenvalue weighted by Crippen LogP contribution is 2.61.